The highest BCUT2D eigenvalue weighted by Gasteiger charge is 2.37. The SMILES string of the molecule is CC(c1coc(-c2nc3ccccc3[nH]2)c1P(=O)(O)O)C1CCCCC1N. The fourth-order valence-electron chi connectivity index (χ4n) is 4.26. The molecule has 2 heterocycles. The lowest BCUT2D eigenvalue weighted by atomic mass is 9.75. The highest BCUT2D eigenvalue weighted by atomic mass is 31.2. The van der Waals surface area contributed by atoms with Crippen LogP contribution < -0.4 is 11.0 Å². The first-order chi connectivity index (χ1) is 12.9. The van der Waals surface area contributed by atoms with Gasteiger partial charge in [-0.25, -0.2) is 4.98 Å². The van der Waals surface area contributed by atoms with Crippen LogP contribution >= 0.6 is 7.60 Å². The van der Waals surface area contributed by atoms with Gasteiger partial charge < -0.3 is 24.9 Å². The second kappa shape index (κ2) is 6.91. The summed E-state index contributed by atoms with van der Waals surface area (Å²) in [6.45, 7) is 1.97. The number of imidazole rings is 1. The number of H-pyrrole nitrogens is 1. The first-order valence-corrected chi connectivity index (χ1v) is 10.9. The molecule has 2 aromatic heterocycles. The quantitative estimate of drug-likeness (QED) is 0.508. The summed E-state index contributed by atoms with van der Waals surface area (Å²) in [5, 5.41) is -0.0770. The van der Waals surface area contributed by atoms with Crippen LogP contribution in [-0.2, 0) is 4.57 Å². The van der Waals surface area contributed by atoms with E-state index in [1.165, 1.54) is 6.26 Å². The topological polar surface area (TPSA) is 125 Å². The van der Waals surface area contributed by atoms with Crippen LogP contribution in [0.25, 0.3) is 22.6 Å². The molecule has 0 aliphatic heterocycles. The number of aromatic amines is 1. The van der Waals surface area contributed by atoms with Gasteiger partial charge in [-0.3, -0.25) is 4.57 Å². The number of furan rings is 1. The minimum atomic E-state index is -4.57. The van der Waals surface area contributed by atoms with Gasteiger partial charge in [0.25, 0.3) is 0 Å². The van der Waals surface area contributed by atoms with E-state index in [2.05, 4.69) is 9.97 Å². The molecule has 8 heteroatoms. The molecule has 3 aromatic rings. The van der Waals surface area contributed by atoms with E-state index in [1.54, 1.807) is 0 Å². The standard InChI is InChI=1S/C19H24N3O4P/c1-11(12-6-2-3-7-14(12)20)13-10-26-17(18(13)27(23,24)25)19-21-15-8-4-5-9-16(15)22-19/h4-5,8-12,14H,2-3,6-7,20H2,1H3,(H,21,22)(H2,23,24,25). The largest absolute Gasteiger partial charge is 0.460 e. The van der Waals surface area contributed by atoms with Gasteiger partial charge in [-0.2, -0.15) is 0 Å². The number of aromatic nitrogens is 2. The first-order valence-electron chi connectivity index (χ1n) is 9.24. The normalized spacial score (nSPS) is 22.2. The molecule has 1 aliphatic carbocycles. The number of para-hydroxylation sites is 2. The smallest absolute Gasteiger partial charge is 0.360 e. The molecule has 0 saturated heterocycles. The zero-order chi connectivity index (χ0) is 19.2. The molecule has 1 saturated carbocycles. The number of nitrogens with zero attached hydrogens (tertiary/aromatic N) is 1. The van der Waals surface area contributed by atoms with E-state index in [9.17, 15) is 14.4 Å². The Kier molecular flexibility index (Phi) is 4.72. The van der Waals surface area contributed by atoms with E-state index in [0.717, 1.165) is 31.2 Å². The van der Waals surface area contributed by atoms with E-state index < -0.39 is 7.60 Å². The Morgan fingerprint density at radius 3 is 2.74 bits per heavy atom. The molecule has 0 bridgehead atoms. The summed E-state index contributed by atoms with van der Waals surface area (Å²) in [5.74, 6) is 0.488. The second-order valence-electron chi connectivity index (χ2n) is 7.42. The molecule has 27 heavy (non-hydrogen) atoms. The van der Waals surface area contributed by atoms with Crippen molar-refractivity contribution >= 4 is 23.9 Å². The van der Waals surface area contributed by atoms with Crippen LogP contribution in [0.1, 0.15) is 44.1 Å². The summed E-state index contributed by atoms with van der Waals surface area (Å²) >= 11 is 0. The fraction of sp³-hybridized carbons (Fsp3) is 0.421. The third-order valence-electron chi connectivity index (χ3n) is 5.70. The van der Waals surface area contributed by atoms with Crippen LogP contribution in [0, 0.1) is 5.92 Å². The molecule has 1 fully saturated rings. The molecule has 0 spiro atoms. The van der Waals surface area contributed by atoms with Crippen LogP contribution in [0.2, 0.25) is 0 Å². The third kappa shape index (κ3) is 3.36. The van der Waals surface area contributed by atoms with Gasteiger partial charge in [-0.05, 0) is 36.8 Å². The Morgan fingerprint density at radius 2 is 2.04 bits per heavy atom. The van der Waals surface area contributed by atoms with E-state index >= 15 is 0 Å². The van der Waals surface area contributed by atoms with E-state index in [0.29, 0.717) is 16.9 Å². The van der Waals surface area contributed by atoms with E-state index in [-0.39, 0.29) is 28.9 Å². The van der Waals surface area contributed by atoms with Crippen molar-refractivity contribution in [1.82, 2.24) is 9.97 Å². The number of nitrogens with one attached hydrogen (secondary N) is 1. The molecule has 5 N–H and O–H groups in total. The predicted octanol–water partition coefficient (Wildman–Crippen LogP) is 3.25. The molecule has 1 aliphatic rings. The molecule has 3 atom stereocenters. The minimum absolute atomic E-state index is 0.0305. The summed E-state index contributed by atoms with van der Waals surface area (Å²) in [7, 11) is -4.57. The van der Waals surface area contributed by atoms with Crippen LogP contribution in [0.3, 0.4) is 0 Å². The number of nitrogens with two attached hydrogens (primary N) is 1. The molecule has 1 aromatic carbocycles. The van der Waals surface area contributed by atoms with Crippen LogP contribution in [0.5, 0.6) is 0 Å². The lowest BCUT2D eigenvalue weighted by Gasteiger charge is -2.33. The van der Waals surface area contributed by atoms with Crippen molar-refractivity contribution in [2.24, 2.45) is 11.7 Å². The van der Waals surface area contributed by atoms with Gasteiger partial charge in [0.1, 0.15) is 5.30 Å². The maximum absolute atomic E-state index is 12.4. The monoisotopic (exact) mass is 389 g/mol. The van der Waals surface area contributed by atoms with Crippen molar-refractivity contribution in [3.05, 3.63) is 36.1 Å². The second-order valence-corrected chi connectivity index (χ2v) is 8.95. The number of benzene rings is 1. The lowest BCUT2D eigenvalue weighted by Crippen LogP contribution is -2.37. The summed E-state index contributed by atoms with van der Waals surface area (Å²) in [5.41, 5.74) is 8.33. The van der Waals surface area contributed by atoms with Gasteiger partial charge in [-0.15, -0.1) is 0 Å². The van der Waals surface area contributed by atoms with Crippen LogP contribution in [0.15, 0.2) is 34.9 Å². The van der Waals surface area contributed by atoms with Gasteiger partial charge >= 0.3 is 7.60 Å². The van der Waals surface area contributed by atoms with Gasteiger partial charge in [-0.1, -0.05) is 31.9 Å². The third-order valence-corrected chi connectivity index (χ3v) is 6.74. The molecule has 0 radical (unpaired) electrons. The van der Waals surface area contributed by atoms with Gasteiger partial charge in [0.15, 0.2) is 11.6 Å². The highest BCUT2D eigenvalue weighted by Crippen LogP contribution is 2.44. The minimum Gasteiger partial charge on any atom is -0.460 e. The highest BCUT2D eigenvalue weighted by molar-refractivity contribution is 7.60. The fourth-order valence-corrected chi connectivity index (χ4v) is 5.27. The Hall–Kier alpha value is -1.92. The molecule has 0 amide bonds. The Labute approximate surface area is 157 Å². The molecular weight excluding hydrogens is 365 g/mol. The van der Waals surface area contributed by atoms with Gasteiger partial charge in [0.05, 0.1) is 17.3 Å². The van der Waals surface area contributed by atoms with E-state index in [1.807, 2.05) is 31.2 Å². The maximum atomic E-state index is 12.4. The van der Waals surface area contributed by atoms with Crippen molar-refractivity contribution in [3.63, 3.8) is 0 Å². The Morgan fingerprint density at radius 1 is 1.30 bits per heavy atom. The number of hydrogen-bond donors (Lipinski definition) is 4. The van der Waals surface area contributed by atoms with E-state index in [4.69, 9.17) is 10.2 Å². The van der Waals surface area contributed by atoms with Crippen molar-refractivity contribution in [2.45, 2.75) is 44.6 Å². The average molecular weight is 389 g/mol. The van der Waals surface area contributed by atoms with Crippen molar-refractivity contribution in [3.8, 4) is 11.6 Å². The van der Waals surface area contributed by atoms with Crippen LogP contribution in [0.4, 0.5) is 0 Å². The number of fused-ring (bicyclic) bond motifs is 1. The molecule has 7 nitrogen and oxygen atoms in total. The number of rotatable bonds is 4. The Balaban J connectivity index is 1.81. The zero-order valence-corrected chi connectivity index (χ0v) is 16.0. The van der Waals surface area contributed by atoms with Crippen molar-refractivity contribution in [2.75, 3.05) is 0 Å². The zero-order valence-electron chi connectivity index (χ0n) is 15.1. The predicted molar refractivity (Wildman–Crippen MR) is 104 cm³/mol. The lowest BCUT2D eigenvalue weighted by molar-refractivity contribution is 0.271. The summed E-state index contributed by atoms with van der Waals surface area (Å²) < 4.78 is 18.0. The number of hydrogen-bond acceptors (Lipinski definition) is 4. The molecule has 144 valence electrons. The van der Waals surface area contributed by atoms with Crippen molar-refractivity contribution in [1.29, 1.82) is 0 Å². The molecular formula is C19H24N3O4P. The van der Waals surface area contributed by atoms with Gasteiger partial charge in [0.2, 0.25) is 0 Å². The summed E-state index contributed by atoms with van der Waals surface area (Å²) in [4.78, 5) is 27.7. The molecule has 3 unspecified atom stereocenters. The summed E-state index contributed by atoms with van der Waals surface area (Å²) in [6, 6.07) is 7.45. The van der Waals surface area contributed by atoms with Crippen LogP contribution in [-0.4, -0.2) is 25.8 Å². The maximum Gasteiger partial charge on any atom is 0.360 e. The molecule has 4 rings (SSSR count). The van der Waals surface area contributed by atoms with Gasteiger partial charge in [0, 0.05) is 11.6 Å². The first kappa shape index (κ1) is 18.4. The van der Waals surface area contributed by atoms with Crippen molar-refractivity contribution < 1.29 is 18.8 Å². The average Bonchev–Trinajstić information content (AvgIpc) is 3.25. The summed E-state index contributed by atoms with van der Waals surface area (Å²) in [6.07, 6.45) is 5.54. The Bertz CT molecular complexity index is 972.